The minimum atomic E-state index is -0.0528. The Balaban J connectivity index is 1.42. The van der Waals surface area contributed by atoms with Crippen molar-refractivity contribution >= 4 is 39.3 Å². The van der Waals surface area contributed by atoms with Crippen molar-refractivity contribution in [1.82, 2.24) is 24.6 Å². The molecular formula is C19H18BrClN6O. The highest BCUT2D eigenvalue weighted by Gasteiger charge is 2.24. The second kappa shape index (κ2) is 7.89. The molecule has 1 aliphatic rings. The first-order valence-corrected chi connectivity index (χ1v) is 10.0. The number of piperazine rings is 1. The molecule has 4 rings (SSSR count). The SMILES string of the molecule is Cc1nccn1-c1ccc(N2CCN(C(=O)c3cc(Br)ccc3Cl)CC2)nn1. The molecule has 0 radical (unpaired) electrons. The molecule has 1 aliphatic heterocycles. The van der Waals surface area contributed by atoms with Crippen LogP contribution in [0.2, 0.25) is 5.02 Å². The second-order valence-corrected chi connectivity index (χ2v) is 7.82. The minimum Gasteiger partial charge on any atom is -0.352 e. The van der Waals surface area contributed by atoms with Gasteiger partial charge in [0.2, 0.25) is 0 Å². The van der Waals surface area contributed by atoms with E-state index in [-0.39, 0.29) is 5.91 Å². The number of halogens is 2. The summed E-state index contributed by atoms with van der Waals surface area (Å²) < 4.78 is 2.72. The van der Waals surface area contributed by atoms with Crippen molar-refractivity contribution in [2.24, 2.45) is 0 Å². The summed E-state index contributed by atoms with van der Waals surface area (Å²) >= 11 is 9.59. The summed E-state index contributed by atoms with van der Waals surface area (Å²) in [7, 11) is 0. The monoisotopic (exact) mass is 460 g/mol. The summed E-state index contributed by atoms with van der Waals surface area (Å²) in [4.78, 5) is 20.9. The van der Waals surface area contributed by atoms with Crippen LogP contribution in [0.1, 0.15) is 16.2 Å². The van der Waals surface area contributed by atoms with Gasteiger partial charge in [0, 0.05) is 43.0 Å². The van der Waals surface area contributed by atoms with Crippen molar-refractivity contribution in [1.29, 1.82) is 0 Å². The van der Waals surface area contributed by atoms with Gasteiger partial charge in [-0.1, -0.05) is 27.5 Å². The number of rotatable bonds is 3. The van der Waals surface area contributed by atoms with Crippen LogP contribution in [0.25, 0.3) is 5.82 Å². The smallest absolute Gasteiger partial charge is 0.255 e. The van der Waals surface area contributed by atoms with Gasteiger partial charge in [0.05, 0.1) is 10.6 Å². The van der Waals surface area contributed by atoms with Crippen LogP contribution in [0, 0.1) is 6.92 Å². The molecule has 0 atom stereocenters. The van der Waals surface area contributed by atoms with E-state index in [0.29, 0.717) is 36.8 Å². The lowest BCUT2D eigenvalue weighted by atomic mass is 10.2. The maximum Gasteiger partial charge on any atom is 0.255 e. The first-order valence-electron chi connectivity index (χ1n) is 8.86. The van der Waals surface area contributed by atoms with Crippen molar-refractivity contribution in [3.63, 3.8) is 0 Å². The molecule has 3 aromatic rings. The summed E-state index contributed by atoms with van der Waals surface area (Å²) in [5.74, 6) is 2.34. The predicted octanol–water partition coefficient (Wildman–Crippen LogP) is 3.35. The normalized spacial score (nSPS) is 14.4. The first kappa shape index (κ1) is 18.9. The zero-order valence-corrected chi connectivity index (χ0v) is 17.6. The largest absolute Gasteiger partial charge is 0.352 e. The molecule has 0 spiro atoms. The van der Waals surface area contributed by atoms with E-state index in [1.807, 2.05) is 40.8 Å². The van der Waals surface area contributed by atoms with Crippen molar-refractivity contribution in [3.8, 4) is 5.82 Å². The number of carbonyl (C=O) groups is 1. The van der Waals surface area contributed by atoms with E-state index in [1.54, 1.807) is 18.3 Å². The lowest BCUT2D eigenvalue weighted by Gasteiger charge is -2.35. The number of aryl methyl sites for hydroxylation is 1. The van der Waals surface area contributed by atoms with Gasteiger partial charge in [-0.15, -0.1) is 10.2 Å². The molecule has 28 heavy (non-hydrogen) atoms. The fourth-order valence-corrected chi connectivity index (χ4v) is 3.77. The molecule has 0 bridgehead atoms. The number of benzene rings is 1. The first-order chi connectivity index (χ1) is 13.5. The number of hydrogen-bond donors (Lipinski definition) is 0. The van der Waals surface area contributed by atoms with Gasteiger partial charge in [0.1, 0.15) is 5.82 Å². The van der Waals surface area contributed by atoms with Crippen LogP contribution in [0.3, 0.4) is 0 Å². The molecule has 1 amide bonds. The highest BCUT2D eigenvalue weighted by Crippen LogP contribution is 2.23. The third kappa shape index (κ3) is 3.74. The van der Waals surface area contributed by atoms with Crippen LogP contribution in [-0.4, -0.2) is 56.7 Å². The molecule has 1 aromatic carbocycles. The number of imidazole rings is 1. The van der Waals surface area contributed by atoms with Crippen LogP contribution < -0.4 is 4.90 Å². The lowest BCUT2D eigenvalue weighted by Crippen LogP contribution is -2.49. The van der Waals surface area contributed by atoms with Crippen LogP contribution in [0.15, 0.2) is 47.2 Å². The van der Waals surface area contributed by atoms with E-state index >= 15 is 0 Å². The number of nitrogens with zero attached hydrogens (tertiary/aromatic N) is 6. The zero-order valence-electron chi connectivity index (χ0n) is 15.2. The maximum absolute atomic E-state index is 12.8. The molecule has 3 heterocycles. The van der Waals surface area contributed by atoms with Gasteiger partial charge in [-0.2, -0.15) is 0 Å². The topological polar surface area (TPSA) is 67.2 Å². The highest BCUT2D eigenvalue weighted by atomic mass is 79.9. The summed E-state index contributed by atoms with van der Waals surface area (Å²) in [6.07, 6.45) is 3.59. The number of aromatic nitrogens is 4. The Labute approximate surface area is 176 Å². The van der Waals surface area contributed by atoms with Crippen LogP contribution in [0.5, 0.6) is 0 Å². The molecule has 0 saturated carbocycles. The highest BCUT2D eigenvalue weighted by molar-refractivity contribution is 9.10. The number of amides is 1. The molecule has 7 nitrogen and oxygen atoms in total. The van der Waals surface area contributed by atoms with Crippen molar-refractivity contribution in [2.75, 3.05) is 31.1 Å². The molecular weight excluding hydrogens is 444 g/mol. The van der Waals surface area contributed by atoms with E-state index in [9.17, 15) is 4.79 Å². The Bertz CT molecular complexity index is 998. The standard InChI is InChI=1S/C19H18BrClN6O/c1-13-22-6-7-27(13)18-5-4-17(23-24-18)25-8-10-26(11-9-25)19(28)15-12-14(20)2-3-16(15)21/h2-7,12H,8-11H2,1H3. The molecule has 0 N–H and O–H groups in total. The summed E-state index contributed by atoms with van der Waals surface area (Å²) in [6, 6.07) is 9.19. The Morgan fingerprint density at radius 1 is 1.07 bits per heavy atom. The van der Waals surface area contributed by atoms with Crippen LogP contribution >= 0.6 is 27.5 Å². The summed E-state index contributed by atoms with van der Waals surface area (Å²) in [5.41, 5.74) is 0.518. The number of hydrogen-bond acceptors (Lipinski definition) is 5. The molecule has 1 fully saturated rings. The van der Waals surface area contributed by atoms with Crippen molar-refractivity contribution in [3.05, 3.63) is 63.6 Å². The Morgan fingerprint density at radius 3 is 2.43 bits per heavy atom. The molecule has 144 valence electrons. The van der Waals surface area contributed by atoms with Gasteiger partial charge >= 0.3 is 0 Å². The molecule has 0 aliphatic carbocycles. The van der Waals surface area contributed by atoms with Crippen LogP contribution in [0.4, 0.5) is 5.82 Å². The summed E-state index contributed by atoms with van der Waals surface area (Å²) in [6.45, 7) is 4.51. The molecule has 2 aromatic heterocycles. The quantitative estimate of drug-likeness (QED) is 0.598. The van der Waals surface area contributed by atoms with E-state index in [0.717, 1.165) is 21.9 Å². The Hall–Kier alpha value is -2.45. The Kier molecular flexibility index (Phi) is 5.32. The summed E-state index contributed by atoms with van der Waals surface area (Å²) in [5, 5.41) is 9.12. The third-order valence-corrected chi connectivity index (χ3v) is 5.58. The second-order valence-electron chi connectivity index (χ2n) is 6.50. The van der Waals surface area contributed by atoms with Gasteiger partial charge < -0.3 is 9.80 Å². The third-order valence-electron chi connectivity index (χ3n) is 4.76. The average Bonchev–Trinajstić information content (AvgIpc) is 3.15. The van der Waals surface area contributed by atoms with Gasteiger partial charge in [0.15, 0.2) is 11.6 Å². The van der Waals surface area contributed by atoms with Gasteiger partial charge in [0.25, 0.3) is 5.91 Å². The lowest BCUT2D eigenvalue weighted by molar-refractivity contribution is 0.0746. The minimum absolute atomic E-state index is 0.0528. The van der Waals surface area contributed by atoms with E-state index in [2.05, 4.69) is 36.0 Å². The van der Waals surface area contributed by atoms with Crippen LogP contribution in [-0.2, 0) is 0 Å². The van der Waals surface area contributed by atoms with E-state index in [4.69, 9.17) is 11.6 Å². The molecule has 9 heteroatoms. The van der Waals surface area contributed by atoms with E-state index in [1.165, 1.54) is 0 Å². The maximum atomic E-state index is 12.8. The fraction of sp³-hybridized carbons (Fsp3) is 0.263. The van der Waals surface area contributed by atoms with Crippen molar-refractivity contribution in [2.45, 2.75) is 6.92 Å². The fourth-order valence-electron chi connectivity index (χ4n) is 3.21. The van der Waals surface area contributed by atoms with E-state index < -0.39 is 0 Å². The number of carbonyl (C=O) groups excluding carboxylic acids is 1. The Morgan fingerprint density at radius 2 is 1.79 bits per heavy atom. The molecule has 0 unspecified atom stereocenters. The van der Waals surface area contributed by atoms with Crippen molar-refractivity contribution < 1.29 is 4.79 Å². The molecule has 1 saturated heterocycles. The zero-order chi connectivity index (χ0) is 19.7. The van der Waals surface area contributed by atoms with Gasteiger partial charge in [-0.05, 0) is 37.3 Å². The number of anilines is 1. The predicted molar refractivity (Wildman–Crippen MR) is 111 cm³/mol. The van der Waals surface area contributed by atoms with Gasteiger partial charge in [-0.25, -0.2) is 4.98 Å². The average molecular weight is 462 g/mol. The van der Waals surface area contributed by atoms with Gasteiger partial charge in [-0.3, -0.25) is 9.36 Å².